The molecule has 252 valence electrons. The summed E-state index contributed by atoms with van der Waals surface area (Å²) in [5.74, 6) is 0.176. The van der Waals surface area contributed by atoms with Gasteiger partial charge in [-0.05, 0) is 19.3 Å². The van der Waals surface area contributed by atoms with Crippen LogP contribution in [0.25, 0.3) is 0 Å². The van der Waals surface area contributed by atoms with Crippen LogP contribution in [0, 0.1) is 5.92 Å². The average molecular weight is 596 g/mol. The zero-order valence-corrected chi connectivity index (χ0v) is 29.2. The highest BCUT2D eigenvalue weighted by molar-refractivity contribution is 5.78. The van der Waals surface area contributed by atoms with Gasteiger partial charge in [0.05, 0.1) is 12.7 Å². The molecule has 0 rings (SSSR count). The van der Waals surface area contributed by atoms with E-state index in [0.29, 0.717) is 0 Å². The first kappa shape index (κ1) is 41.4. The summed E-state index contributed by atoms with van der Waals surface area (Å²) >= 11 is 0. The van der Waals surface area contributed by atoms with Crippen molar-refractivity contribution in [2.75, 3.05) is 13.2 Å². The van der Waals surface area contributed by atoms with Gasteiger partial charge in [0.2, 0.25) is 5.91 Å². The molecule has 0 spiro atoms. The zero-order valence-electron chi connectivity index (χ0n) is 29.2. The molecule has 4 nitrogen and oxygen atoms in total. The summed E-state index contributed by atoms with van der Waals surface area (Å²) in [5.41, 5.74) is 0. The number of aliphatic hydroxyl groups excluding tert-OH is 2. The van der Waals surface area contributed by atoms with Crippen molar-refractivity contribution in [2.45, 2.75) is 220 Å². The van der Waals surface area contributed by atoms with Crippen LogP contribution in [-0.2, 0) is 4.79 Å². The van der Waals surface area contributed by atoms with Crippen molar-refractivity contribution in [1.82, 2.24) is 4.90 Å². The average Bonchev–Trinajstić information content (AvgIpc) is 3.00. The van der Waals surface area contributed by atoms with Crippen LogP contribution in [0.3, 0.4) is 0 Å². The molecule has 0 aromatic heterocycles. The van der Waals surface area contributed by atoms with Gasteiger partial charge in [0.1, 0.15) is 0 Å². The summed E-state index contributed by atoms with van der Waals surface area (Å²) in [5, 5.41) is 19.9. The van der Waals surface area contributed by atoms with E-state index in [-0.39, 0.29) is 31.0 Å². The van der Waals surface area contributed by atoms with Crippen LogP contribution in [-0.4, -0.2) is 46.3 Å². The third-order valence-electron chi connectivity index (χ3n) is 9.29. The number of amides is 1. The van der Waals surface area contributed by atoms with Crippen molar-refractivity contribution in [3.05, 3.63) is 0 Å². The van der Waals surface area contributed by atoms with Crippen molar-refractivity contribution < 1.29 is 15.0 Å². The molecule has 3 atom stereocenters. The number of carbonyl (C=O) groups is 1. The first-order chi connectivity index (χ1) is 20.5. The Morgan fingerprint density at radius 3 is 1.24 bits per heavy atom. The molecule has 0 saturated heterocycles. The lowest BCUT2D eigenvalue weighted by atomic mass is 9.95. The molecule has 0 aromatic rings. The molecule has 1 amide bonds. The molecule has 0 bridgehead atoms. The van der Waals surface area contributed by atoms with E-state index >= 15 is 0 Å². The first-order valence-electron chi connectivity index (χ1n) is 19.1. The van der Waals surface area contributed by atoms with E-state index in [1.165, 1.54) is 135 Å². The second-order valence-electron chi connectivity index (χ2n) is 13.5. The maximum Gasteiger partial charge on any atom is 0.225 e. The Morgan fingerprint density at radius 1 is 0.524 bits per heavy atom. The molecule has 0 aliphatic carbocycles. The largest absolute Gasteiger partial charge is 0.394 e. The number of carbonyl (C=O) groups excluding carboxylic acids is 1. The van der Waals surface area contributed by atoms with Crippen LogP contribution in [0.2, 0.25) is 0 Å². The van der Waals surface area contributed by atoms with E-state index in [2.05, 4.69) is 27.7 Å². The minimum Gasteiger partial charge on any atom is -0.394 e. The Labute approximate surface area is 264 Å². The van der Waals surface area contributed by atoms with E-state index in [0.717, 1.165) is 44.9 Å². The van der Waals surface area contributed by atoms with Gasteiger partial charge < -0.3 is 15.1 Å². The van der Waals surface area contributed by atoms with Crippen molar-refractivity contribution >= 4 is 5.91 Å². The quantitative estimate of drug-likeness (QED) is 0.0742. The first-order valence-corrected chi connectivity index (χ1v) is 19.1. The third kappa shape index (κ3) is 24.8. The molecule has 4 heteroatoms. The van der Waals surface area contributed by atoms with Gasteiger partial charge in [-0.15, -0.1) is 0 Å². The molecule has 0 heterocycles. The maximum absolute atomic E-state index is 13.7. The van der Waals surface area contributed by atoms with Crippen LogP contribution in [0.1, 0.15) is 207 Å². The van der Waals surface area contributed by atoms with Gasteiger partial charge in [0.15, 0.2) is 0 Å². The number of rotatable bonds is 33. The number of hydrogen-bond donors (Lipinski definition) is 2. The predicted molar refractivity (Wildman–Crippen MR) is 184 cm³/mol. The summed E-state index contributed by atoms with van der Waals surface area (Å²) in [6, 6.07) is 0.182. The molecular formula is C38H77NO3. The summed E-state index contributed by atoms with van der Waals surface area (Å²) < 4.78 is 0. The number of nitrogens with zero attached hydrogens (tertiary/aromatic N) is 1. The topological polar surface area (TPSA) is 60.8 Å². The highest BCUT2D eigenvalue weighted by Crippen LogP contribution is 2.23. The molecule has 42 heavy (non-hydrogen) atoms. The Kier molecular flexibility index (Phi) is 31.3. The molecule has 3 unspecified atom stereocenters. The molecule has 0 saturated carbocycles. The monoisotopic (exact) mass is 596 g/mol. The number of unbranched alkanes of at least 4 members (excludes halogenated alkanes) is 22. The molecule has 0 fully saturated rings. The van der Waals surface area contributed by atoms with Crippen LogP contribution >= 0.6 is 0 Å². The molecule has 0 aromatic carbocycles. The summed E-state index contributed by atoms with van der Waals surface area (Å²) in [7, 11) is 0. The molecule has 0 aliphatic rings. The van der Waals surface area contributed by atoms with Gasteiger partial charge in [-0.1, -0.05) is 188 Å². The van der Waals surface area contributed by atoms with E-state index in [1.54, 1.807) is 0 Å². The van der Waals surface area contributed by atoms with Crippen LogP contribution < -0.4 is 0 Å². The Bertz CT molecular complexity index is 554. The fraction of sp³-hybridized carbons (Fsp3) is 0.974. The molecular weight excluding hydrogens is 518 g/mol. The van der Waals surface area contributed by atoms with Crippen LogP contribution in [0.4, 0.5) is 0 Å². The highest BCUT2D eigenvalue weighted by Gasteiger charge is 2.28. The third-order valence-corrected chi connectivity index (χ3v) is 9.29. The minimum absolute atomic E-state index is 0.0135. The van der Waals surface area contributed by atoms with Crippen LogP contribution in [0.15, 0.2) is 0 Å². The second kappa shape index (κ2) is 31.8. The smallest absolute Gasteiger partial charge is 0.225 e. The van der Waals surface area contributed by atoms with Crippen molar-refractivity contribution in [2.24, 2.45) is 5.92 Å². The number of hydrogen-bond acceptors (Lipinski definition) is 3. The lowest BCUT2D eigenvalue weighted by molar-refractivity contribution is -0.140. The fourth-order valence-corrected chi connectivity index (χ4v) is 6.34. The predicted octanol–water partition coefficient (Wildman–Crippen LogP) is 11.2. The summed E-state index contributed by atoms with van der Waals surface area (Å²) in [6.07, 6.45) is 34.9. The molecule has 0 radical (unpaired) electrons. The summed E-state index contributed by atoms with van der Waals surface area (Å²) in [6.45, 7) is 8.83. The van der Waals surface area contributed by atoms with E-state index in [9.17, 15) is 15.0 Å². The minimum atomic E-state index is -0.853. The van der Waals surface area contributed by atoms with E-state index in [4.69, 9.17) is 0 Å². The standard InChI is InChI=1S/C38H77NO3/c1-5-8-11-13-15-17-19-21-22-24-26-28-30-35(4)38(42)39(33-37(41)34-40)36(31-10-7-3)32-29-27-25-23-20-18-16-14-12-9-6-2/h35-37,40-41H,5-34H2,1-4H3. The van der Waals surface area contributed by atoms with Crippen molar-refractivity contribution in [3.63, 3.8) is 0 Å². The van der Waals surface area contributed by atoms with Gasteiger partial charge in [0.25, 0.3) is 0 Å². The highest BCUT2D eigenvalue weighted by atomic mass is 16.3. The van der Waals surface area contributed by atoms with Gasteiger partial charge in [-0.25, -0.2) is 0 Å². The number of aliphatic hydroxyl groups is 2. The van der Waals surface area contributed by atoms with Gasteiger partial charge in [-0.2, -0.15) is 0 Å². The lowest BCUT2D eigenvalue weighted by Gasteiger charge is -2.35. The van der Waals surface area contributed by atoms with Gasteiger partial charge >= 0.3 is 0 Å². The maximum atomic E-state index is 13.7. The Hall–Kier alpha value is -0.610. The van der Waals surface area contributed by atoms with Gasteiger partial charge in [-0.3, -0.25) is 4.79 Å². The van der Waals surface area contributed by atoms with Crippen LogP contribution in [0.5, 0.6) is 0 Å². The Balaban J connectivity index is 4.48. The lowest BCUT2D eigenvalue weighted by Crippen LogP contribution is -2.47. The Morgan fingerprint density at radius 2 is 0.857 bits per heavy atom. The molecule has 0 aliphatic heterocycles. The second-order valence-corrected chi connectivity index (χ2v) is 13.5. The van der Waals surface area contributed by atoms with Gasteiger partial charge in [0, 0.05) is 18.5 Å². The van der Waals surface area contributed by atoms with Crippen molar-refractivity contribution in [1.29, 1.82) is 0 Å². The summed E-state index contributed by atoms with van der Waals surface area (Å²) in [4.78, 5) is 15.6. The normalized spacial score (nSPS) is 13.8. The van der Waals surface area contributed by atoms with E-state index < -0.39 is 6.10 Å². The van der Waals surface area contributed by atoms with Crippen molar-refractivity contribution in [3.8, 4) is 0 Å². The van der Waals surface area contributed by atoms with E-state index in [1.807, 2.05) is 4.90 Å². The fourth-order valence-electron chi connectivity index (χ4n) is 6.34. The molecule has 2 N–H and O–H groups in total. The zero-order chi connectivity index (χ0) is 31.1. The SMILES string of the molecule is CCCCCCCCCCCCCCC(C)C(=O)N(CC(O)CO)C(CCCC)CCCCCCCCCCCCC.